The van der Waals surface area contributed by atoms with Gasteiger partial charge in [-0.25, -0.2) is 0 Å². The van der Waals surface area contributed by atoms with Crippen molar-refractivity contribution < 1.29 is 4.74 Å². The lowest BCUT2D eigenvalue weighted by molar-refractivity contribution is 0.172. The van der Waals surface area contributed by atoms with Crippen LogP contribution in [0.1, 0.15) is 26.7 Å². The van der Waals surface area contributed by atoms with E-state index in [4.69, 9.17) is 10.6 Å². The first-order valence-corrected chi connectivity index (χ1v) is 6.44. The molecule has 0 bridgehead atoms. The van der Waals surface area contributed by atoms with Gasteiger partial charge in [0.1, 0.15) is 0 Å². The Kier molecular flexibility index (Phi) is 9.93. The predicted octanol–water partition coefficient (Wildman–Crippen LogP) is 1.63. The average Bonchev–Trinajstić information content (AvgIpc) is 2.21. The monoisotopic (exact) mass is 220 g/mol. The van der Waals surface area contributed by atoms with Crippen molar-refractivity contribution in [2.75, 3.05) is 25.2 Å². The number of hydrogen-bond donors (Lipinski definition) is 2. The number of methoxy groups -OCH3 is 1. The van der Waals surface area contributed by atoms with Crippen molar-refractivity contribution in [3.05, 3.63) is 0 Å². The second-order valence-electron chi connectivity index (χ2n) is 3.61. The molecule has 0 aliphatic carbocycles. The maximum Gasteiger partial charge on any atom is 0.0465 e. The number of nitrogens with one attached hydrogen (secondary N) is 1. The van der Waals surface area contributed by atoms with Gasteiger partial charge in [-0.2, -0.15) is 11.8 Å². The highest BCUT2D eigenvalue weighted by molar-refractivity contribution is 7.99. The lowest BCUT2D eigenvalue weighted by Crippen LogP contribution is -2.42. The molecule has 0 heterocycles. The predicted molar refractivity (Wildman–Crippen MR) is 64.4 cm³/mol. The maximum absolute atomic E-state index is 5.52. The van der Waals surface area contributed by atoms with E-state index < -0.39 is 0 Å². The molecule has 0 aromatic rings. The van der Waals surface area contributed by atoms with Crippen LogP contribution in [0.2, 0.25) is 0 Å². The lowest BCUT2D eigenvalue weighted by atomic mass is 10.0. The number of thioether (sulfide) groups is 1. The Morgan fingerprint density at radius 3 is 2.71 bits per heavy atom. The van der Waals surface area contributed by atoms with Gasteiger partial charge in [-0.15, -0.1) is 0 Å². The Morgan fingerprint density at radius 2 is 2.21 bits per heavy atom. The van der Waals surface area contributed by atoms with Crippen molar-refractivity contribution in [3.63, 3.8) is 0 Å². The van der Waals surface area contributed by atoms with Crippen LogP contribution in [-0.2, 0) is 4.74 Å². The van der Waals surface area contributed by atoms with Gasteiger partial charge < -0.3 is 4.74 Å². The van der Waals surface area contributed by atoms with Crippen LogP contribution in [-0.4, -0.2) is 31.3 Å². The summed E-state index contributed by atoms with van der Waals surface area (Å²) in [7, 11) is 1.74. The molecule has 2 atom stereocenters. The molecule has 0 spiro atoms. The van der Waals surface area contributed by atoms with E-state index in [-0.39, 0.29) is 0 Å². The highest BCUT2D eigenvalue weighted by Crippen LogP contribution is 2.13. The van der Waals surface area contributed by atoms with Crippen LogP contribution in [0.4, 0.5) is 0 Å². The Morgan fingerprint density at radius 1 is 1.50 bits per heavy atom. The largest absolute Gasteiger partial charge is 0.385 e. The van der Waals surface area contributed by atoms with Gasteiger partial charge >= 0.3 is 0 Å². The van der Waals surface area contributed by atoms with E-state index in [1.54, 1.807) is 7.11 Å². The summed E-state index contributed by atoms with van der Waals surface area (Å²) in [6.07, 6.45) is 2.30. The summed E-state index contributed by atoms with van der Waals surface area (Å²) in [4.78, 5) is 0. The van der Waals surface area contributed by atoms with Crippen molar-refractivity contribution in [2.45, 2.75) is 32.7 Å². The molecule has 14 heavy (non-hydrogen) atoms. The second kappa shape index (κ2) is 9.77. The van der Waals surface area contributed by atoms with E-state index >= 15 is 0 Å². The van der Waals surface area contributed by atoms with E-state index in [0.29, 0.717) is 12.0 Å². The van der Waals surface area contributed by atoms with Crippen LogP contribution in [0, 0.1) is 5.92 Å². The standard InChI is InChI=1S/C10H24N2OS/c1-4-7-14-8-10(12-11)9(2)5-6-13-3/h9-10,12H,4-8,11H2,1-3H3. The fourth-order valence-corrected chi connectivity index (χ4v) is 2.37. The molecule has 0 rings (SSSR count). The molecule has 3 N–H and O–H groups in total. The zero-order chi connectivity index (χ0) is 10.8. The highest BCUT2D eigenvalue weighted by Gasteiger charge is 2.14. The van der Waals surface area contributed by atoms with Crippen LogP contribution >= 0.6 is 11.8 Å². The molecule has 2 unspecified atom stereocenters. The third-order valence-electron chi connectivity index (χ3n) is 2.32. The van der Waals surface area contributed by atoms with Crippen LogP contribution in [0.15, 0.2) is 0 Å². The van der Waals surface area contributed by atoms with Gasteiger partial charge in [-0.05, 0) is 24.5 Å². The summed E-state index contributed by atoms with van der Waals surface area (Å²) in [5.41, 5.74) is 2.89. The van der Waals surface area contributed by atoms with E-state index in [9.17, 15) is 0 Å². The number of rotatable bonds is 9. The molecular formula is C10H24N2OS. The molecule has 0 radical (unpaired) electrons. The topological polar surface area (TPSA) is 47.3 Å². The molecule has 0 aliphatic heterocycles. The van der Waals surface area contributed by atoms with Gasteiger partial charge in [0.15, 0.2) is 0 Å². The van der Waals surface area contributed by atoms with Gasteiger partial charge in [0.25, 0.3) is 0 Å². The summed E-state index contributed by atoms with van der Waals surface area (Å²) in [5.74, 6) is 8.41. The summed E-state index contributed by atoms with van der Waals surface area (Å²) in [6, 6.07) is 0.404. The highest BCUT2D eigenvalue weighted by atomic mass is 32.2. The normalized spacial score (nSPS) is 15.4. The molecule has 0 aromatic carbocycles. The third kappa shape index (κ3) is 6.65. The van der Waals surface area contributed by atoms with Crippen molar-refractivity contribution in [1.29, 1.82) is 0 Å². The Bertz CT molecular complexity index is 125. The quantitative estimate of drug-likeness (QED) is 0.352. The zero-order valence-corrected chi connectivity index (χ0v) is 10.4. The van der Waals surface area contributed by atoms with Gasteiger partial charge in [0, 0.05) is 25.5 Å². The summed E-state index contributed by atoms with van der Waals surface area (Å²) in [5, 5.41) is 0. The molecule has 0 aliphatic rings. The number of hydrogen-bond acceptors (Lipinski definition) is 4. The molecule has 3 nitrogen and oxygen atoms in total. The minimum absolute atomic E-state index is 0.404. The molecule has 0 saturated carbocycles. The maximum atomic E-state index is 5.52. The van der Waals surface area contributed by atoms with Gasteiger partial charge in [0.05, 0.1) is 0 Å². The minimum Gasteiger partial charge on any atom is -0.385 e. The van der Waals surface area contributed by atoms with Gasteiger partial charge in [-0.3, -0.25) is 11.3 Å². The van der Waals surface area contributed by atoms with Gasteiger partial charge in [-0.1, -0.05) is 13.8 Å². The number of nitrogens with two attached hydrogens (primary N) is 1. The molecule has 0 aromatic heterocycles. The van der Waals surface area contributed by atoms with Crippen LogP contribution in [0.3, 0.4) is 0 Å². The van der Waals surface area contributed by atoms with Crippen molar-refractivity contribution in [1.82, 2.24) is 5.43 Å². The number of ether oxygens (including phenoxy) is 1. The fourth-order valence-electron chi connectivity index (χ4n) is 1.24. The van der Waals surface area contributed by atoms with E-state index in [0.717, 1.165) is 18.8 Å². The molecule has 0 fully saturated rings. The third-order valence-corrected chi connectivity index (χ3v) is 3.62. The summed E-state index contributed by atoms with van der Waals surface area (Å²) < 4.78 is 5.06. The molecular weight excluding hydrogens is 196 g/mol. The van der Waals surface area contributed by atoms with Gasteiger partial charge in [0.2, 0.25) is 0 Å². The van der Waals surface area contributed by atoms with E-state index in [2.05, 4.69) is 19.3 Å². The first-order valence-electron chi connectivity index (χ1n) is 5.29. The van der Waals surface area contributed by atoms with Crippen molar-refractivity contribution in [2.24, 2.45) is 11.8 Å². The Labute approximate surface area is 92.1 Å². The Balaban J connectivity index is 3.62. The van der Waals surface area contributed by atoms with E-state index in [1.807, 2.05) is 11.8 Å². The SMILES string of the molecule is CCCSCC(NN)C(C)CCOC. The zero-order valence-electron chi connectivity index (χ0n) is 9.58. The van der Waals surface area contributed by atoms with Crippen LogP contribution in [0.25, 0.3) is 0 Å². The molecule has 0 saturated heterocycles. The molecule has 86 valence electrons. The summed E-state index contributed by atoms with van der Waals surface area (Å²) >= 11 is 1.96. The van der Waals surface area contributed by atoms with Crippen LogP contribution < -0.4 is 11.3 Å². The lowest BCUT2D eigenvalue weighted by Gasteiger charge is -2.22. The number of hydrazine groups is 1. The minimum atomic E-state index is 0.404. The van der Waals surface area contributed by atoms with E-state index in [1.165, 1.54) is 12.2 Å². The smallest absolute Gasteiger partial charge is 0.0465 e. The summed E-state index contributed by atoms with van der Waals surface area (Å²) in [6.45, 7) is 5.24. The van der Waals surface area contributed by atoms with Crippen LogP contribution in [0.5, 0.6) is 0 Å². The Hall–Kier alpha value is 0.230. The molecule has 0 amide bonds. The first-order chi connectivity index (χ1) is 6.76. The van der Waals surface area contributed by atoms with Crippen molar-refractivity contribution in [3.8, 4) is 0 Å². The average molecular weight is 220 g/mol. The molecule has 4 heteroatoms. The first kappa shape index (κ1) is 14.2. The fraction of sp³-hybridized carbons (Fsp3) is 1.00. The van der Waals surface area contributed by atoms with Crippen molar-refractivity contribution >= 4 is 11.8 Å². The second-order valence-corrected chi connectivity index (χ2v) is 4.76.